The standard InChI is InChI=1S/C12H23N5O2S2/c1-8-6-17(7-9(2)16(8)5)12-10(11(13)14-20-12)21(18,19)15(3)4/h8-9H,6-7H2,1-5H3,(H2,13,14). The minimum absolute atomic E-state index is 0.0861. The van der Waals surface area contributed by atoms with Crippen molar-refractivity contribution >= 4 is 32.4 Å². The zero-order chi connectivity index (χ0) is 15.9. The van der Waals surface area contributed by atoms with E-state index in [1.807, 2.05) is 0 Å². The van der Waals surface area contributed by atoms with Crippen LogP contribution in [0.4, 0.5) is 10.8 Å². The molecule has 1 aliphatic heterocycles. The van der Waals surface area contributed by atoms with Crippen molar-refractivity contribution in [1.29, 1.82) is 0 Å². The Morgan fingerprint density at radius 1 is 1.29 bits per heavy atom. The maximum atomic E-state index is 12.5. The van der Waals surface area contributed by atoms with Crippen LogP contribution in [0.2, 0.25) is 0 Å². The van der Waals surface area contributed by atoms with Crippen molar-refractivity contribution in [1.82, 2.24) is 13.6 Å². The Labute approximate surface area is 130 Å². The molecule has 2 rings (SSSR count). The summed E-state index contributed by atoms with van der Waals surface area (Å²) in [5.41, 5.74) is 5.82. The Balaban J connectivity index is 2.43. The molecule has 0 aliphatic carbocycles. The molecule has 0 aromatic carbocycles. The number of likely N-dealkylation sites (N-methyl/N-ethyl adjacent to an activating group) is 1. The van der Waals surface area contributed by atoms with Crippen LogP contribution in [0.5, 0.6) is 0 Å². The molecule has 120 valence electrons. The lowest BCUT2D eigenvalue weighted by molar-refractivity contribution is 0.170. The smallest absolute Gasteiger partial charge is 0.249 e. The summed E-state index contributed by atoms with van der Waals surface area (Å²) in [5.74, 6) is 0.0861. The maximum Gasteiger partial charge on any atom is 0.249 e. The average Bonchev–Trinajstić information content (AvgIpc) is 2.77. The van der Waals surface area contributed by atoms with Crippen molar-refractivity contribution in [2.75, 3.05) is 44.9 Å². The van der Waals surface area contributed by atoms with Crippen LogP contribution in [0.15, 0.2) is 4.90 Å². The van der Waals surface area contributed by atoms with Crippen LogP contribution in [0.3, 0.4) is 0 Å². The van der Waals surface area contributed by atoms with Gasteiger partial charge in [0, 0.05) is 39.3 Å². The van der Waals surface area contributed by atoms with E-state index in [1.165, 1.54) is 18.4 Å². The number of anilines is 2. The minimum atomic E-state index is -3.59. The molecular formula is C12H23N5O2S2. The monoisotopic (exact) mass is 333 g/mol. The molecule has 1 saturated heterocycles. The first-order valence-electron chi connectivity index (χ1n) is 6.80. The van der Waals surface area contributed by atoms with Gasteiger partial charge in [0.1, 0.15) is 5.00 Å². The van der Waals surface area contributed by atoms with E-state index in [2.05, 4.69) is 35.1 Å². The molecule has 0 bridgehead atoms. The summed E-state index contributed by atoms with van der Waals surface area (Å²) in [6, 6.07) is 0.680. The van der Waals surface area contributed by atoms with E-state index in [4.69, 9.17) is 5.73 Å². The van der Waals surface area contributed by atoms with Crippen LogP contribution in [0.1, 0.15) is 13.8 Å². The second-order valence-electron chi connectivity index (χ2n) is 5.76. The Bertz CT molecular complexity index is 601. The first-order valence-corrected chi connectivity index (χ1v) is 9.02. The van der Waals surface area contributed by atoms with Crippen LogP contribution in [-0.2, 0) is 10.0 Å². The number of piperazine rings is 1. The van der Waals surface area contributed by atoms with Gasteiger partial charge in [0.25, 0.3) is 0 Å². The second-order valence-corrected chi connectivity index (χ2v) is 8.60. The SMILES string of the molecule is CC1CN(c2snc(N)c2S(=O)(=O)N(C)C)CC(C)N1C. The Morgan fingerprint density at radius 3 is 2.29 bits per heavy atom. The number of aromatic nitrogens is 1. The number of nitrogens with two attached hydrogens (primary N) is 1. The summed E-state index contributed by atoms with van der Waals surface area (Å²) in [6.45, 7) is 5.79. The van der Waals surface area contributed by atoms with Crippen LogP contribution in [-0.4, -0.2) is 68.3 Å². The minimum Gasteiger partial charge on any atom is -0.382 e. The zero-order valence-electron chi connectivity index (χ0n) is 13.1. The lowest BCUT2D eigenvalue weighted by Crippen LogP contribution is -2.55. The Morgan fingerprint density at radius 2 is 1.81 bits per heavy atom. The summed E-state index contributed by atoms with van der Waals surface area (Å²) in [7, 11) is 1.51. The number of nitrogens with zero attached hydrogens (tertiary/aromatic N) is 4. The second kappa shape index (κ2) is 5.71. The highest BCUT2D eigenvalue weighted by molar-refractivity contribution is 7.89. The predicted octanol–water partition coefficient (Wildman–Crippen LogP) is 0.504. The van der Waals surface area contributed by atoms with Gasteiger partial charge >= 0.3 is 0 Å². The quantitative estimate of drug-likeness (QED) is 0.867. The molecule has 1 aliphatic rings. The van der Waals surface area contributed by atoms with Crippen molar-refractivity contribution in [2.45, 2.75) is 30.8 Å². The highest BCUT2D eigenvalue weighted by atomic mass is 32.2. The first-order chi connectivity index (χ1) is 9.66. The molecule has 0 spiro atoms. The molecule has 2 unspecified atom stereocenters. The van der Waals surface area contributed by atoms with Crippen molar-refractivity contribution in [3.05, 3.63) is 0 Å². The van der Waals surface area contributed by atoms with Crippen LogP contribution >= 0.6 is 11.5 Å². The van der Waals surface area contributed by atoms with Gasteiger partial charge in [-0.1, -0.05) is 0 Å². The third kappa shape index (κ3) is 2.87. The van der Waals surface area contributed by atoms with Gasteiger partial charge in [0.15, 0.2) is 10.7 Å². The van der Waals surface area contributed by atoms with E-state index in [0.29, 0.717) is 17.1 Å². The summed E-state index contributed by atoms with van der Waals surface area (Å²) in [5, 5.41) is 0.646. The molecule has 1 fully saturated rings. The fourth-order valence-corrected chi connectivity index (χ4v) is 4.72. The molecule has 1 aromatic heterocycles. The van der Waals surface area contributed by atoms with Crippen molar-refractivity contribution in [2.24, 2.45) is 0 Å². The molecule has 0 amide bonds. The number of hydrogen-bond donors (Lipinski definition) is 1. The van der Waals surface area contributed by atoms with Gasteiger partial charge in [-0.2, -0.15) is 4.37 Å². The Hall–Kier alpha value is -0.900. The van der Waals surface area contributed by atoms with Crippen molar-refractivity contribution in [3.8, 4) is 0 Å². The number of rotatable bonds is 3. The molecule has 2 N–H and O–H groups in total. The molecule has 7 nitrogen and oxygen atoms in total. The largest absolute Gasteiger partial charge is 0.382 e. The van der Waals surface area contributed by atoms with E-state index < -0.39 is 10.0 Å². The van der Waals surface area contributed by atoms with Gasteiger partial charge in [-0.05, 0) is 32.4 Å². The van der Waals surface area contributed by atoms with Crippen molar-refractivity contribution in [3.63, 3.8) is 0 Å². The maximum absolute atomic E-state index is 12.5. The summed E-state index contributed by atoms with van der Waals surface area (Å²) >= 11 is 1.16. The lowest BCUT2D eigenvalue weighted by Gasteiger charge is -2.43. The van der Waals surface area contributed by atoms with Gasteiger partial charge in [-0.25, -0.2) is 12.7 Å². The summed E-state index contributed by atoms with van der Waals surface area (Å²) in [4.78, 5) is 4.52. The number of sulfonamides is 1. The van der Waals surface area contributed by atoms with Crippen LogP contribution < -0.4 is 10.6 Å². The number of nitrogen functional groups attached to an aromatic ring is 1. The summed E-state index contributed by atoms with van der Waals surface area (Å²) in [6.07, 6.45) is 0. The average molecular weight is 333 g/mol. The van der Waals surface area contributed by atoms with Crippen LogP contribution in [0.25, 0.3) is 0 Å². The molecule has 21 heavy (non-hydrogen) atoms. The molecular weight excluding hydrogens is 310 g/mol. The molecule has 2 heterocycles. The zero-order valence-corrected chi connectivity index (χ0v) is 14.7. The number of hydrogen-bond acceptors (Lipinski definition) is 7. The normalized spacial score (nSPS) is 24.8. The topological polar surface area (TPSA) is 82.8 Å². The van der Waals surface area contributed by atoms with Gasteiger partial charge in [-0.3, -0.25) is 4.90 Å². The third-order valence-corrected chi connectivity index (χ3v) is 6.98. The highest BCUT2D eigenvalue weighted by Gasteiger charge is 2.34. The van der Waals surface area contributed by atoms with E-state index in [1.54, 1.807) is 0 Å². The molecule has 2 atom stereocenters. The molecule has 9 heteroatoms. The highest BCUT2D eigenvalue weighted by Crippen LogP contribution is 2.37. The van der Waals surface area contributed by atoms with Crippen molar-refractivity contribution < 1.29 is 8.42 Å². The van der Waals surface area contributed by atoms with Crippen LogP contribution in [0, 0.1) is 0 Å². The Kier molecular flexibility index (Phi) is 4.48. The van der Waals surface area contributed by atoms with Gasteiger partial charge in [-0.15, -0.1) is 0 Å². The van der Waals surface area contributed by atoms with Gasteiger partial charge < -0.3 is 10.6 Å². The molecule has 0 saturated carbocycles. The lowest BCUT2D eigenvalue weighted by atomic mass is 10.1. The molecule has 1 aromatic rings. The van der Waals surface area contributed by atoms with E-state index >= 15 is 0 Å². The third-order valence-electron chi connectivity index (χ3n) is 4.04. The summed E-state index contributed by atoms with van der Waals surface area (Å²) < 4.78 is 30.2. The van der Waals surface area contributed by atoms with E-state index in [-0.39, 0.29) is 10.7 Å². The predicted molar refractivity (Wildman–Crippen MR) is 86.3 cm³/mol. The molecule has 0 radical (unpaired) electrons. The van der Waals surface area contributed by atoms with E-state index in [0.717, 1.165) is 24.6 Å². The van der Waals surface area contributed by atoms with E-state index in [9.17, 15) is 8.42 Å². The first kappa shape index (κ1) is 16.5. The fraction of sp³-hybridized carbons (Fsp3) is 0.750. The van der Waals surface area contributed by atoms with Gasteiger partial charge in [0.2, 0.25) is 10.0 Å². The fourth-order valence-electron chi connectivity index (χ4n) is 2.48. The van der Waals surface area contributed by atoms with Gasteiger partial charge in [0.05, 0.1) is 0 Å².